The summed E-state index contributed by atoms with van der Waals surface area (Å²) in [5, 5.41) is 0.148. The Morgan fingerprint density at radius 2 is 1.73 bits per heavy atom. The van der Waals surface area contributed by atoms with Gasteiger partial charge in [0.15, 0.2) is 0 Å². The van der Waals surface area contributed by atoms with Gasteiger partial charge in [0.05, 0.1) is 15.8 Å². The lowest BCUT2D eigenvalue weighted by atomic mass is 10.2. The van der Waals surface area contributed by atoms with E-state index in [2.05, 4.69) is 14.9 Å². The van der Waals surface area contributed by atoms with Gasteiger partial charge in [-0.15, -0.1) is 0 Å². The minimum Gasteiger partial charge on any atom is -0.307 e. The van der Waals surface area contributed by atoms with Gasteiger partial charge in [0.2, 0.25) is 10.0 Å². The lowest BCUT2D eigenvalue weighted by Gasteiger charge is -2.31. The third-order valence-electron chi connectivity index (χ3n) is 3.81. The van der Waals surface area contributed by atoms with E-state index in [0.717, 1.165) is 0 Å². The number of nitrogens with zero attached hydrogens (tertiary/aromatic N) is 2. The number of aromatic nitrogens is 2. The predicted molar refractivity (Wildman–Crippen MR) is 81.4 cm³/mol. The van der Waals surface area contributed by atoms with Crippen molar-refractivity contribution < 1.29 is 8.42 Å². The number of hydrogen-bond donors (Lipinski definition) is 2. The van der Waals surface area contributed by atoms with Crippen LogP contribution in [0.15, 0.2) is 32.7 Å². The van der Waals surface area contributed by atoms with Crippen LogP contribution < -0.4 is 11.2 Å². The fourth-order valence-electron chi connectivity index (χ4n) is 2.48. The zero-order valence-electron chi connectivity index (χ0n) is 12.0. The van der Waals surface area contributed by atoms with Crippen LogP contribution in [0.2, 0.25) is 0 Å². The van der Waals surface area contributed by atoms with Crippen LogP contribution in [0, 0.1) is 0 Å². The van der Waals surface area contributed by atoms with Gasteiger partial charge in [0.1, 0.15) is 0 Å². The Hall–Kier alpha value is -1.97. The number of fused-ring (bicyclic) bond motifs is 1. The molecule has 2 N–H and O–H groups in total. The monoisotopic (exact) mass is 324 g/mol. The third kappa shape index (κ3) is 2.58. The minimum absolute atomic E-state index is 0.0575. The molecule has 8 nitrogen and oxygen atoms in total. The molecule has 0 aliphatic carbocycles. The highest BCUT2D eigenvalue weighted by atomic mass is 32.2. The summed E-state index contributed by atoms with van der Waals surface area (Å²) in [4.78, 5) is 29.7. The van der Waals surface area contributed by atoms with E-state index in [0.29, 0.717) is 31.7 Å². The minimum atomic E-state index is -3.64. The van der Waals surface area contributed by atoms with Crippen LogP contribution in [0.5, 0.6) is 0 Å². The highest BCUT2D eigenvalue weighted by Crippen LogP contribution is 2.19. The molecule has 1 aromatic heterocycles. The van der Waals surface area contributed by atoms with Gasteiger partial charge in [-0.3, -0.25) is 9.78 Å². The molecule has 0 spiro atoms. The van der Waals surface area contributed by atoms with Crippen molar-refractivity contribution in [2.24, 2.45) is 0 Å². The largest absolute Gasteiger partial charge is 0.326 e. The summed E-state index contributed by atoms with van der Waals surface area (Å²) in [7, 11) is -1.70. The van der Waals surface area contributed by atoms with Gasteiger partial charge >= 0.3 is 5.69 Å². The zero-order chi connectivity index (χ0) is 15.9. The first-order chi connectivity index (χ1) is 10.4. The Kier molecular flexibility index (Phi) is 3.63. The number of H-pyrrole nitrogens is 2. The number of likely N-dealkylation sites (N-methyl/N-ethyl adjacent to an activating group) is 1. The van der Waals surface area contributed by atoms with Gasteiger partial charge in [0, 0.05) is 26.2 Å². The Morgan fingerprint density at radius 1 is 1.05 bits per heavy atom. The molecule has 2 aromatic rings. The number of nitrogens with one attached hydrogen (secondary N) is 2. The molecule has 1 aliphatic rings. The molecule has 2 heterocycles. The molecule has 0 unspecified atom stereocenters. The molecule has 3 rings (SSSR count). The van der Waals surface area contributed by atoms with Crippen LogP contribution in [-0.2, 0) is 10.0 Å². The van der Waals surface area contributed by atoms with Gasteiger partial charge < -0.3 is 9.88 Å². The van der Waals surface area contributed by atoms with Crippen molar-refractivity contribution in [2.45, 2.75) is 4.90 Å². The number of piperazine rings is 1. The topological polar surface area (TPSA) is 106 Å². The number of rotatable bonds is 2. The van der Waals surface area contributed by atoms with Crippen molar-refractivity contribution in [2.75, 3.05) is 33.2 Å². The molecule has 1 fully saturated rings. The summed E-state index contributed by atoms with van der Waals surface area (Å²) in [6.07, 6.45) is 0. The first-order valence-electron chi connectivity index (χ1n) is 6.83. The SMILES string of the molecule is CN1CCN(S(=O)(=O)c2ccc3[nH]c(=O)[nH]c(=O)c3c2)CC1. The Morgan fingerprint density at radius 3 is 2.41 bits per heavy atom. The molecular weight excluding hydrogens is 308 g/mol. The molecule has 0 radical (unpaired) electrons. The van der Waals surface area contributed by atoms with Gasteiger partial charge in [-0.1, -0.05) is 0 Å². The fraction of sp³-hybridized carbons (Fsp3) is 0.385. The molecule has 9 heteroatoms. The molecular formula is C13H16N4O4S. The summed E-state index contributed by atoms with van der Waals surface area (Å²) in [6, 6.07) is 4.15. The lowest BCUT2D eigenvalue weighted by Crippen LogP contribution is -2.47. The van der Waals surface area contributed by atoms with Crippen LogP contribution in [0.25, 0.3) is 10.9 Å². The molecule has 1 aromatic carbocycles. The first kappa shape index (κ1) is 14.9. The molecule has 1 aliphatic heterocycles. The summed E-state index contributed by atoms with van der Waals surface area (Å²) < 4.78 is 26.7. The summed E-state index contributed by atoms with van der Waals surface area (Å²) in [5.74, 6) is 0. The van der Waals surface area contributed by atoms with Gasteiger partial charge in [-0.2, -0.15) is 4.31 Å². The quantitative estimate of drug-likeness (QED) is 0.748. The summed E-state index contributed by atoms with van der Waals surface area (Å²) >= 11 is 0. The zero-order valence-corrected chi connectivity index (χ0v) is 12.8. The van der Waals surface area contributed by atoms with Gasteiger partial charge in [0.25, 0.3) is 5.56 Å². The molecule has 118 valence electrons. The fourth-order valence-corrected chi connectivity index (χ4v) is 3.93. The maximum atomic E-state index is 12.6. The number of aromatic amines is 2. The van der Waals surface area contributed by atoms with Crippen LogP contribution in [0.1, 0.15) is 0 Å². The van der Waals surface area contributed by atoms with Crippen LogP contribution in [0.4, 0.5) is 0 Å². The number of hydrogen-bond acceptors (Lipinski definition) is 5. The molecule has 0 atom stereocenters. The Labute approximate surface area is 126 Å². The standard InChI is InChI=1S/C13H16N4O4S/c1-16-4-6-17(7-5-16)22(20,21)9-2-3-11-10(8-9)12(18)15-13(19)14-11/h2-3,8H,4-7H2,1H3,(H2,14,15,18,19). The second kappa shape index (κ2) is 5.34. The summed E-state index contributed by atoms with van der Waals surface area (Å²) in [5.41, 5.74) is -0.910. The number of sulfonamides is 1. The maximum Gasteiger partial charge on any atom is 0.326 e. The molecule has 0 amide bonds. The van der Waals surface area contributed by atoms with Crippen molar-refractivity contribution in [3.05, 3.63) is 39.0 Å². The van der Waals surface area contributed by atoms with Crippen molar-refractivity contribution in [3.63, 3.8) is 0 Å². The predicted octanol–water partition coefficient (Wildman–Crippen LogP) is -0.847. The van der Waals surface area contributed by atoms with Gasteiger partial charge in [-0.05, 0) is 25.2 Å². The van der Waals surface area contributed by atoms with Crippen molar-refractivity contribution in [1.82, 2.24) is 19.2 Å². The highest BCUT2D eigenvalue weighted by molar-refractivity contribution is 7.89. The Bertz CT molecular complexity index is 923. The van der Waals surface area contributed by atoms with E-state index in [1.165, 1.54) is 22.5 Å². The summed E-state index contributed by atoms with van der Waals surface area (Å²) in [6.45, 7) is 2.17. The lowest BCUT2D eigenvalue weighted by molar-refractivity contribution is 0.222. The molecule has 0 saturated carbocycles. The van der Waals surface area contributed by atoms with E-state index in [9.17, 15) is 18.0 Å². The van der Waals surface area contributed by atoms with Crippen LogP contribution >= 0.6 is 0 Å². The average molecular weight is 324 g/mol. The maximum absolute atomic E-state index is 12.6. The van der Waals surface area contributed by atoms with E-state index < -0.39 is 21.3 Å². The van der Waals surface area contributed by atoms with Gasteiger partial charge in [-0.25, -0.2) is 13.2 Å². The molecule has 0 bridgehead atoms. The van der Waals surface area contributed by atoms with E-state index in [1.54, 1.807) is 0 Å². The van der Waals surface area contributed by atoms with Crippen molar-refractivity contribution in [3.8, 4) is 0 Å². The smallest absolute Gasteiger partial charge is 0.307 e. The highest BCUT2D eigenvalue weighted by Gasteiger charge is 2.27. The third-order valence-corrected chi connectivity index (χ3v) is 5.71. The number of benzene rings is 1. The first-order valence-corrected chi connectivity index (χ1v) is 8.27. The van der Waals surface area contributed by atoms with Crippen LogP contribution in [-0.4, -0.2) is 60.8 Å². The van der Waals surface area contributed by atoms with Crippen molar-refractivity contribution >= 4 is 20.9 Å². The van der Waals surface area contributed by atoms with E-state index in [1.807, 2.05) is 7.05 Å². The van der Waals surface area contributed by atoms with E-state index in [-0.39, 0.29) is 10.3 Å². The molecule has 1 saturated heterocycles. The Balaban J connectivity index is 2.06. The average Bonchev–Trinajstić information content (AvgIpc) is 2.47. The van der Waals surface area contributed by atoms with Crippen molar-refractivity contribution in [1.29, 1.82) is 0 Å². The second-order valence-electron chi connectivity index (χ2n) is 5.32. The normalized spacial score (nSPS) is 17.9. The molecule has 22 heavy (non-hydrogen) atoms. The van der Waals surface area contributed by atoms with Crippen LogP contribution in [0.3, 0.4) is 0 Å². The second-order valence-corrected chi connectivity index (χ2v) is 7.26. The van der Waals surface area contributed by atoms with E-state index >= 15 is 0 Å². The van der Waals surface area contributed by atoms with E-state index in [4.69, 9.17) is 0 Å².